The summed E-state index contributed by atoms with van der Waals surface area (Å²) in [5.74, 6) is 0.266. The molecule has 1 aromatic heterocycles. The lowest BCUT2D eigenvalue weighted by molar-refractivity contribution is -0.133. The number of aliphatic carboxylic acids is 1. The van der Waals surface area contributed by atoms with Crippen LogP contribution in [0.2, 0.25) is 0 Å². The third-order valence-corrected chi connectivity index (χ3v) is 3.12. The van der Waals surface area contributed by atoms with E-state index in [4.69, 9.17) is 5.11 Å². The highest BCUT2D eigenvalue weighted by Crippen LogP contribution is 2.15. The average molecular weight is 232 g/mol. The van der Waals surface area contributed by atoms with Crippen molar-refractivity contribution in [3.63, 3.8) is 0 Å². The van der Waals surface area contributed by atoms with Crippen molar-refractivity contribution < 1.29 is 9.90 Å². The summed E-state index contributed by atoms with van der Waals surface area (Å²) < 4.78 is 1.98. The molecule has 14 heavy (non-hydrogen) atoms. The van der Waals surface area contributed by atoms with E-state index in [0.717, 1.165) is 17.5 Å². The molecule has 0 unspecified atom stereocenters. The van der Waals surface area contributed by atoms with E-state index in [1.54, 1.807) is 18.0 Å². The first kappa shape index (κ1) is 11.5. The topological polar surface area (TPSA) is 55.1 Å². The van der Waals surface area contributed by atoms with E-state index >= 15 is 0 Å². The monoisotopic (exact) mass is 232 g/mol. The molecule has 0 amide bonds. The SMILES string of the molecule is CSCCn1ccnc1SCC(=O)O. The summed E-state index contributed by atoms with van der Waals surface area (Å²) in [6, 6.07) is 0. The standard InChI is InChI=1S/C8H12N2O2S2/c1-13-5-4-10-3-2-9-8(10)14-6-7(11)12/h2-3H,4-6H2,1H3,(H,11,12). The van der Waals surface area contributed by atoms with Crippen LogP contribution in [-0.2, 0) is 11.3 Å². The molecule has 0 radical (unpaired) electrons. The highest BCUT2D eigenvalue weighted by Gasteiger charge is 2.05. The van der Waals surface area contributed by atoms with Crippen molar-refractivity contribution in [2.24, 2.45) is 0 Å². The fraction of sp³-hybridized carbons (Fsp3) is 0.500. The van der Waals surface area contributed by atoms with Crippen LogP contribution in [0.25, 0.3) is 0 Å². The molecule has 78 valence electrons. The van der Waals surface area contributed by atoms with Crippen molar-refractivity contribution in [1.29, 1.82) is 0 Å². The highest BCUT2D eigenvalue weighted by molar-refractivity contribution is 7.99. The van der Waals surface area contributed by atoms with Gasteiger partial charge in [0.1, 0.15) is 0 Å². The Morgan fingerprint density at radius 2 is 2.50 bits per heavy atom. The molecule has 0 aliphatic heterocycles. The van der Waals surface area contributed by atoms with Gasteiger partial charge in [-0.1, -0.05) is 11.8 Å². The Hall–Kier alpha value is -0.620. The van der Waals surface area contributed by atoms with E-state index in [1.807, 2.05) is 17.0 Å². The van der Waals surface area contributed by atoms with Gasteiger partial charge < -0.3 is 9.67 Å². The molecule has 0 saturated heterocycles. The number of carbonyl (C=O) groups is 1. The molecular weight excluding hydrogens is 220 g/mol. The molecule has 1 aromatic rings. The molecule has 0 bridgehead atoms. The van der Waals surface area contributed by atoms with Gasteiger partial charge in [0.15, 0.2) is 5.16 Å². The average Bonchev–Trinajstić information content (AvgIpc) is 2.58. The lowest BCUT2D eigenvalue weighted by Crippen LogP contribution is -2.04. The van der Waals surface area contributed by atoms with Gasteiger partial charge in [-0.05, 0) is 6.26 Å². The minimum Gasteiger partial charge on any atom is -0.481 e. The van der Waals surface area contributed by atoms with Crippen molar-refractivity contribution in [2.75, 3.05) is 17.8 Å². The van der Waals surface area contributed by atoms with Crippen LogP contribution in [0.4, 0.5) is 0 Å². The first-order valence-corrected chi connectivity index (χ1v) is 6.46. The highest BCUT2D eigenvalue weighted by atomic mass is 32.2. The van der Waals surface area contributed by atoms with Gasteiger partial charge >= 0.3 is 5.97 Å². The second kappa shape index (κ2) is 5.98. The summed E-state index contributed by atoms with van der Waals surface area (Å²) in [6.07, 6.45) is 5.62. The molecule has 4 nitrogen and oxygen atoms in total. The normalized spacial score (nSPS) is 10.4. The first-order valence-electron chi connectivity index (χ1n) is 4.08. The van der Waals surface area contributed by atoms with Crippen LogP contribution in [0.15, 0.2) is 17.6 Å². The summed E-state index contributed by atoms with van der Waals surface area (Å²) in [5, 5.41) is 9.30. The summed E-state index contributed by atoms with van der Waals surface area (Å²) in [6.45, 7) is 0.878. The molecule has 0 aliphatic carbocycles. The predicted octanol–water partition coefficient (Wildman–Crippen LogP) is 1.42. The number of hydrogen-bond donors (Lipinski definition) is 1. The Bertz CT molecular complexity index is 301. The fourth-order valence-corrected chi connectivity index (χ4v) is 2.01. The molecule has 1 N–H and O–H groups in total. The van der Waals surface area contributed by atoms with Gasteiger partial charge in [0.25, 0.3) is 0 Å². The van der Waals surface area contributed by atoms with Crippen LogP contribution in [0.3, 0.4) is 0 Å². The maximum atomic E-state index is 10.4. The Labute approximate surface area is 91.1 Å². The second-order valence-electron chi connectivity index (χ2n) is 2.58. The van der Waals surface area contributed by atoms with Gasteiger partial charge in [-0.25, -0.2) is 4.98 Å². The molecule has 1 rings (SSSR count). The van der Waals surface area contributed by atoms with Gasteiger partial charge in [0.2, 0.25) is 0 Å². The van der Waals surface area contributed by atoms with E-state index in [1.165, 1.54) is 11.8 Å². The smallest absolute Gasteiger partial charge is 0.313 e. The number of imidazole rings is 1. The predicted molar refractivity (Wildman–Crippen MR) is 59.0 cm³/mol. The quantitative estimate of drug-likeness (QED) is 0.752. The van der Waals surface area contributed by atoms with Gasteiger partial charge in [0.05, 0.1) is 5.75 Å². The lowest BCUT2D eigenvalue weighted by Gasteiger charge is -2.04. The Morgan fingerprint density at radius 3 is 3.14 bits per heavy atom. The summed E-state index contributed by atoms with van der Waals surface area (Å²) in [7, 11) is 0. The fourth-order valence-electron chi connectivity index (χ4n) is 0.922. The number of aryl methyl sites for hydroxylation is 1. The van der Waals surface area contributed by atoms with Crippen molar-refractivity contribution in [3.8, 4) is 0 Å². The number of carboxylic acids is 1. The van der Waals surface area contributed by atoms with Gasteiger partial charge in [-0.15, -0.1) is 0 Å². The molecule has 0 spiro atoms. The summed E-state index contributed by atoms with van der Waals surface area (Å²) in [4.78, 5) is 14.5. The van der Waals surface area contributed by atoms with Gasteiger partial charge in [-0.3, -0.25) is 4.79 Å². The van der Waals surface area contributed by atoms with Crippen molar-refractivity contribution in [2.45, 2.75) is 11.7 Å². The number of aromatic nitrogens is 2. The second-order valence-corrected chi connectivity index (χ2v) is 4.51. The molecule has 6 heteroatoms. The van der Waals surface area contributed by atoms with Crippen LogP contribution in [0.5, 0.6) is 0 Å². The molecule has 0 aliphatic rings. The van der Waals surface area contributed by atoms with Crippen LogP contribution < -0.4 is 0 Å². The number of carboxylic acid groups (broad SMARTS) is 1. The van der Waals surface area contributed by atoms with E-state index < -0.39 is 5.97 Å². The minimum absolute atomic E-state index is 0.0658. The minimum atomic E-state index is -0.811. The van der Waals surface area contributed by atoms with Gasteiger partial charge in [-0.2, -0.15) is 11.8 Å². The van der Waals surface area contributed by atoms with Crippen LogP contribution in [0, 0.1) is 0 Å². The summed E-state index contributed by atoms with van der Waals surface area (Å²) in [5.41, 5.74) is 0. The Balaban J connectivity index is 2.49. The van der Waals surface area contributed by atoms with Crippen LogP contribution in [0.1, 0.15) is 0 Å². The van der Waals surface area contributed by atoms with E-state index in [-0.39, 0.29) is 5.75 Å². The Kier molecular flexibility index (Phi) is 4.89. The van der Waals surface area contributed by atoms with E-state index in [0.29, 0.717) is 0 Å². The van der Waals surface area contributed by atoms with E-state index in [2.05, 4.69) is 4.98 Å². The maximum absolute atomic E-state index is 10.4. The molecule has 0 aromatic carbocycles. The number of rotatable bonds is 6. The lowest BCUT2D eigenvalue weighted by atomic mass is 10.7. The molecule has 1 heterocycles. The molecule has 0 fully saturated rings. The van der Waals surface area contributed by atoms with Crippen molar-refractivity contribution >= 4 is 29.5 Å². The number of thioether (sulfide) groups is 2. The summed E-state index contributed by atoms with van der Waals surface area (Å²) >= 11 is 3.01. The third-order valence-electron chi connectivity index (χ3n) is 1.54. The van der Waals surface area contributed by atoms with Crippen molar-refractivity contribution in [3.05, 3.63) is 12.4 Å². The largest absolute Gasteiger partial charge is 0.481 e. The van der Waals surface area contributed by atoms with E-state index in [9.17, 15) is 4.79 Å². The molecular formula is C8H12N2O2S2. The molecule has 0 saturated carbocycles. The third kappa shape index (κ3) is 3.63. The Morgan fingerprint density at radius 1 is 1.71 bits per heavy atom. The zero-order valence-corrected chi connectivity index (χ0v) is 9.48. The molecule has 0 atom stereocenters. The van der Waals surface area contributed by atoms with Crippen LogP contribution >= 0.6 is 23.5 Å². The van der Waals surface area contributed by atoms with Crippen LogP contribution in [-0.4, -0.2) is 38.4 Å². The van der Waals surface area contributed by atoms with Gasteiger partial charge in [0, 0.05) is 24.7 Å². The number of hydrogen-bond acceptors (Lipinski definition) is 4. The zero-order chi connectivity index (χ0) is 10.4. The maximum Gasteiger partial charge on any atom is 0.313 e. The number of nitrogens with zero attached hydrogens (tertiary/aromatic N) is 2. The van der Waals surface area contributed by atoms with Crippen molar-refractivity contribution in [1.82, 2.24) is 9.55 Å². The zero-order valence-electron chi connectivity index (χ0n) is 7.84. The first-order chi connectivity index (χ1) is 6.74.